The van der Waals surface area contributed by atoms with Gasteiger partial charge in [0.2, 0.25) is 0 Å². The van der Waals surface area contributed by atoms with Gasteiger partial charge < -0.3 is 14.2 Å². The molecular weight excluding hydrogens is 481 g/mol. The fraction of sp³-hybridized carbons (Fsp3) is 0.208. The molecule has 11 heteroatoms. The summed E-state index contributed by atoms with van der Waals surface area (Å²) in [5.41, 5.74) is 2.55. The van der Waals surface area contributed by atoms with Crippen LogP contribution in [0.5, 0.6) is 11.5 Å². The van der Waals surface area contributed by atoms with Crippen LogP contribution in [0, 0.1) is 0 Å². The molecular formula is C24H21F3N4O3S. The van der Waals surface area contributed by atoms with Gasteiger partial charge in [-0.2, -0.15) is 0 Å². The molecule has 0 aliphatic rings. The summed E-state index contributed by atoms with van der Waals surface area (Å²) in [7, 11) is 0. The molecule has 0 bridgehead atoms. The van der Waals surface area contributed by atoms with Crippen molar-refractivity contribution in [2.24, 2.45) is 0 Å². The van der Waals surface area contributed by atoms with Gasteiger partial charge in [-0.3, -0.25) is 4.68 Å². The molecule has 0 amide bonds. The third-order valence-corrected chi connectivity index (χ3v) is 5.48. The van der Waals surface area contributed by atoms with Gasteiger partial charge in [-0.1, -0.05) is 35.6 Å². The van der Waals surface area contributed by atoms with E-state index in [0.717, 1.165) is 27.6 Å². The van der Waals surface area contributed by atoms with E-state index >= 15 is 0 Å². The molecule has 0 radical (unpaired) electrons. The van der Waals surface area contributed by atoms with Gasteiger partial charge in [-0.15, -0.1) is 29.6 Å². The third kappa shape index (κ3) is 8.23. The van der Waals surface area contributed by atoms with Crippen LogP contribution < -0.4 is 9.47 Å². The number of aromatic nitrogens is 4. The van der Waals surface area contributed by atoms with E-state index in [0.29, 0.717) is 26.4 Å². The molecule has 0 atom stereocenters. The summed E-state index contributed by atoms with van der Waals surface area (Å²) in [4.78, 5) is 4.50. The van der Waals surface area contributed by atoms with Crippen molar-refractivity contribution in [3.05, 3.63) is 88.1 Å². The molecule has 0 saturated heterocycles. The Bertz CT molecular complexity index is 1210. The van der Waals surface area contributed by atoms with Gasteiger partial charge >= 0.3 is 6.36 Å². The molecule has 0 N–H and O–H groups in total. The van der Waals surface area contributed by atoms with Crippen LogP contribution in [-0.4, -0.2) is 32.9 Å². The number of hydrogen-bond donors (Lipinski definition) is 0. The molecule has 2 aromatic carbocycles. The lowest BCUT2D eigenvalue weighted by molar-refractivity contribution is -0.274. The van der Waals surface area contributed by atoms with Crippen LogP contribution in [0.3, 0.4) is 0 Å². The minimum atomic E-state index is -4.70. The quantitative estimate of drug-likeness (QED) is 0.249. The van der Waals surface area contributed by atoms with Crippen molar-refractivity contribution in [1.29, 1.82) is 0 Å². The van der Waals surface area contributed by atoms with Gasteiger partial charge in [0.25, 0.3) is 0 Å². The fourth-order valence-corrected chi connectivity index (χ4v) is 3.65. The molecule has 0 fully saturated rings. The van der Waals surface area contributed by atoms with Crippen molar-refractivity contribution >= 4 is 23.5 Å². The van der Waals surface area contributed by atoms with E-state index in [4.69, 9.17) is 9.47 Å². The number of halogens is 3. The Morgan fingerprint density at radius 2 is 1.71 bits per heavy atom. The average Bonchev–Trinajstić information content (AvgIpc) is 3.52. The first kappa shape index (κ1) is 24.4. The van der Waals surface area contributed by atoms with Crippen LogP contribution in [0.25, 0.3) is 12.2 Å². The minimum absolute atomic E-state index is 0.257. The first-order valence-electron chi connectivity index (χ1n) is 10.5. The SMILES string of the molecule is FC(F)(F)Oc1ccc(C=Cc2nc(COc3ccc(COCCn4ccnn4)cc3)cs2)cc1. The number of thiazole rings is 1. The number of ether oxygens (including phenoxy) is 3. The van der Waals surface area contributed by atoms with E-state index < -0.39 is 6.36 Å². The fourth-order valence-electron chi connectivity index (χ4n) is 2.95. The first-order chi connectivity index (χ1) is 16.9. The zero-order chi connectivity index (χ0) is 24.5. The summed E-state index contributed by atoms with van der Waals surface area (Å²) in [6.45, 7) is 2.01. The maximum absolute atomic E-state index is 12.2. The number of hydrogen-bond acceptors (Lipinski definition) is 7. The first-order valence-corrected chi connectivity index (χ1v) is 11.4. The van der Waals surface area contributed by atoms with Gasteiger partial charge in [0.05, 0.1) is 31.6 Å². The van der Waals surface area contributed by atoms with Gasteiger partial charge in [0, 0.05) is 11.6 Å². The summed E-state index contributed by atoms with van der Waals surface area (Å²) in [6, 6.07) is 13.3. The van der Waals surface area contributed by atoms with Crippen LogP contribution in [0.1, 0.15) is 21.8 Å². The zero-order valence-electron chi connectivity index (χ0n) is 18.4. The average molecular weight is 503 g/mol. The van der Waals surface area contributed by atoms with Crippen LogP contribution in [0.4, 0.5) is 13.2 Å². The second-order valence-electron chi connectivity index (χ2n) is 7.28. The molecule has 0 unspecified atom stereocenters. The Morgan fingerprint density at radius 1 is 0.943 bits per heavy atom. The van der Waals surface area contributed by atoms with Crippen molar-refractivity contribution in [3.63, 3.8) is 0 Å². The summed E-state index contributed by atoms with van der Waals surface area (Å²) in [5, 5.41) is 10.3. The monoisotopic (exact) mass is 502 g/mol. The summed E-state index contributed by atoms with van der Waals surface area (Å²) in [6.07, 6.45) is 2.28. The van der Waals surface area contributed by atoms with Crippen molar-refractivity contribution in [2.45, 2.75) is 26.1 Å². The van der Waals surface area contributed by atoms with Crippen LogP contribution in [0.15, 0.2) is 66.3 Å². The highest BCUT2D eigenvalue weighted by molar-refractivity contribution is 7.10. The van der Waals surface area contributed by atoms with Gasteiger partial charge in [0.15, 0.2) is 0 Å². The Morgan fingerprint density at radius 3 is 2.43 bits per heavy atom. The van der Waals surface area contributed by atoms with Gasteiger partial charge in [0.1, 0.15) is 23.1 Å². The van der Waals surface area contributed by atoms with E-state index in [1.54, 1.807) is 41.4 Å². The highest BCUT2D eigenvalue weighted by Crippen LogP contribution is 2.23. The van der Waals surface area contributed by atoms with E-state index in [1.165, 1.54) is 23.5 Å². The van der Waals surface area contributed by atoms with E-state index in [9.17, 15) is 13.2 Å². The highest BCUT2D eigenvalue weighted by Gasteiger charge is 2.30. The molecule has 0 aliphatic carbocycles. The maximum atomic E-state index is 12.2. The largest absolute Gasteiger partial charge is 0.573 e. The lowest BCUT2D eigenvalue weighted by Gasteiger charge is -2.08. The molecule has 4 rings (SSSR count). The Kier molecular flexibility index (Phi) is 8.11. The molecule has 0 spiro atoms. The standard InChI is InChI=1S/C24H21F3N4O3S/c25-24(26,27)34-22-8-1-18(2-9-22)5-10-23-29-20(17-35-23)16-33-21-6-3-19(4-7-21)15-32-14-13-31-12-11-28-30-31/h1-12,17H,13-16H2. The van der Waals surface area contributed by atoms with Crippen molar-refractivity contribution in [1.82, 2.24) is 20.0 Å². The molecule has 0 aliphatic heterocycles. The maximum Gasteiger partial charge on any atom is 0.573 e. The van der Waals surface area contributed by atoms with Crippen LogP contribution in [-0.2, 0) is 24.5 Å². The zero-order valence-corrected chi connectivity index (χ0v) is 19.2. The Labute approximate surface area is 203 Å². The normalized spacial score (nSPS) is 11.7. The number of alkyl halides is 3. The summed E-state index contributed by atoms with van der Waals surface area (Å²) >= 11 is 1.45. The molecule has 7 nitrogen and oxygen atoms in total. The summed E-state index contributed by atoms with van der Waals surface area (Å²) < 4.78 is 53.7. The predicted octanol–water partition coefficient (Wildman–Crippen LogP) is 5.60. The molecule has 182 valence electrons. The Hall–Kier alpha value is -3.70. The van der Waals surface area contributed by atoms with Crippen LogP contribution >= 0.6 is 11.3 Å². The molecule has 4 aromatic rings. The topological polar surface area (TPSA) is 71.3 Å². The molecule has 2 heterocycles. The van der Waals surface area contributed by atoms with Crippen molar-refractivity contribution < 1.29 is 27.4 Å². The Balaban J connectivity index is 1.20. The molecule has 35 heavy (non-hydrogen) atoms. The lowest BCUT2D eigenvalue weighted by Crippen LogP contribution is -2.16. The van der Waals surface area contributed by atoms with E-state index in [2.05, 4.69) is 20.0 Å². The van der Waals surface area contributed by atoms with Gasteiger partial charge in [-0.25, -0.2) is 4.98 Å². The second-order valence-corrected chi connectivity index (χ2v) is 8.17. The van der Waals surface area contributed by atoms with E-state index in [-0.39, 0.29) is 5.75 Å². The number of rotatable bonds is 11. The summed E-state index contributed by atoms with van der Waals surface area (Å²) in [5.74, 6) is 0.467. The number of nitrogens with zero attached hydrogens (tertiary/aromatic N) is 4. The molecule has 0 saturated carbocycles. The minimum Gasteiger partial charge on any atom is -0.487 e. The smallest absolute Gasteiger partial charge is 0.487 e. The number of benzene rings is 2. The predicted molar refractivity (Wildman–Crippen MR) is 125 cm³/mol. The van der Waals surface area contributed by atoms with E-state index in [1.807, 2.05) is 29.6 Å². The van der Waals surface area contributed by atoms with Crippen molar-refractivity contribution in [3.8, 4) is 11.5 Å². The van der Waals surface area contributed by atoms with Gasteiger partial charge in [-0.05, 0) is 41.5 Å². The third-order valence-electron chi connectivity index (χ3n) is 4.62. The second kappa shape index (κ2) is 11.6. The lowest BCUT2D eigenvalue weighted by atomic mass is 10.2. The highest BCUT2D eigenvalue weighted by atomic mass is 32.1. The van der Waals surface area contributed by atoms with Crippen molar-refractivity contribution in [2.75, 3.05) is 6.61 Å². The van der Waals surface area contributed by atoms with Crippen LogP contribution in [0.2, 0.25) is 0 Å². The molecule has 2 aromatic heterocycles.